The quantitative estimate of drug-likeness (QED) is 0.873. The molecule has 0 aliphatic carbocycles. The fourth-order valence-electron chi connectivity index (χ4n) is 3.12. The molecular weight excluding hydrogens is 260 g/mol. The van der Waals surface area contributed by atoms with Crippen molar-refractivity contribution in [3.8, 4) is 0 Å². The Morgan fingerprint density at radius 1 is 1.24 bits per heavy atom. The highest BCUT2D eigenvalue weighted by molar-refractivity contribution is 5.97. The summed E-state index contributed by atoms with van der Waals surface area (Å²) in [6.07, 6.45) is 4.73. The molecular formula is C18H28N2O. The van der Waals surface area contributed by atoms with E-state index in [0.717, 1.165) is 44.3 Å². The first-order valence-corrected chi connectivity index (χ1v) is 8.29. The van der Waals surface area contributed by atoms with E-state index >= 15 is 0 Å². The Kier molecular flexibility index (Phi) is 5.40. The zero-order valence-corrected chi connectivity index (χ0v) is 13.6. The summed E-state index contributed by atoms with van der Waals surface area (Å²) in [5, 5.41) is 0. The van der Waals surface area contributed by atoms with Gasteiger partial charge in [0.15, 0.2) is 0 Å². The van der Waals surface area contributed by atoms with E-state index in [2.05, 4.69) is 39.0 Å². The predicted octanol–water partition coefficient (Wildman–Crippen LogP) is 3.29. The average Bonchev–Trinajstić information content (AvgIpc) is 2.91. The number of hydrogen-bond donors (Lipinski definition) is 1. The highest BCUT2D eigenvalue weighted by atomic mass is 16.2. The first-order valence-electron chi connectivity index (χ1n) is 8.29. The van der Waals surface area contributed by atoms with Crippen LogP contribution < -0.4 is 10.6 Å². The fourth-order valence-corrected chi connectivity index (χ4v) is 3.12. The maximum atomic E-state index is 12.6. The number of nitrogens with zero attached hydrogens (tertiary/aromatic N) is 1. The summed E-state index contributed by atoms with van der Waals surface area (Å²) < 4.78 is 0. The third-order valence-corrected chi connectivity index (χ3v) is 4.66. The lowest BCUT2D eigenvalue weighted by Crippen LogP contribution is -2.34. The highest BCUT2D eigenvalue weighted by Crippen LogP contribution is 2.31. The summed E-state index contributed by atoms with van der Waals surface area (Å²) in [5.74, 6) is 0.445. The summed E-state index contributed by atoms with van der Waals surface area (Å²) in [6.45, 7) is 7.14. The van der Waals surface area contributed by atoms with Crippen molar-refractivity contribution in [2.45, 2.75) is 58.9 Å². The smallest absolute Gasteiger partial charge is 0.230 e. The molecule has 1 atom stereocenters. The number of carbonyl (C=O) groups is 1. The normalized spacial score (nSPS) is 15.4. The number of carbonyl (C=O) groups excluding carboxylic acids is 1. The van der Waals surface area contributed by atoms with Gasteiger partial charge in [0.05, 0.1) is 0 Å². The van der Waals surface area contributed by atoms with E-state index in [4.69, 9.17) is 5.73 Å². The summed E-state index contributed by atoms with van der Waals surface area (Å²) >= 11 is 0. The fraction of sp³-hybridized carbons (Fsp3) is 0.611. The van der Waals surface area contributed by atoms with Crippen LogP contribution in [-0.4, -0.2) is 18.5 Å². The molecule has 0 fully saturated rings. The second kappa shape index (κ2) is 7.08. The molecule has 3 nitrogen and oxygen atoms in total. The van der Waals surface area contributed by atoms with Crippen LogP contribution in [0.4, 0.5) is 5.69 Å². The van der Waals surface area contributed by atoms with Crippen LogP contribution in [0.5, 0.6) is 0 Å². The monoisotopic (exact) mass is 288 g/mol. The lowest BCUT2D eigenvalue weighted by Gasteiger charge is -2.22. The first kappa shape index (κ1) is 16.0. The lowest BCUT2D eigenvalue weighted by molar-refractivity contribution is -0.122. The molecule has 2 rings (SSSR count). The van der Waals surface area contributed by atoms with Crippen LogP contribution in [-0.2, 0) is 17.6 Å². The van der Waals surface area contributed by atoms with Crippen LogP contribution in [0, 0.1) is 5.92 Å². The van der Waals surface area contributed by atoms with Gasteiger partial charge >= 0.3 is 0 Å². The van der Waals surface area contributed by atoms with E-state index in [-0.39, 0.29) is 17.9 Å². The van der Waals surface area contributed by atoms with E-state index in [1.165, 1.54) is 11.1 Å². The van der Waals surface area contributed by atoms with Crippen molar-refractivity contribution in [2.75, 3.05) is 11.4 Å². The summed E-state index contributed by atoms with van der Waals surface area (Å²) in [5.41, 5.74) is 9.74. The van der Waals surface area contributed by atoms with Crippen LogP contribution in [0.2, 0.25) is 0 Å². The van der Waals surface area contributed by atoms with Gasteiger partial charge in [-0.05, 0) is 49.3 Å². The van der Waals surface area contributed by atoms with Crippen LogP contribution in [0.25, 0.3) is 0 Å². The molecule has 21 heavy (non-hydrogen) atoms. The maximum Gasteiger partial charge on any atom is 0.230 e. The molecule has 0 radical (unpaired) electrons. The van der Waals surface area contributed by atoms with Crippen molar-refractivity contribution in [1.82, 2.24) is 0 Å². The SMILES string of the molecule is CCC(N)Cc1ccc2c(c1)CCN2C(=O)C(CC)CC. The summed E-state index contributed by atoms with van der Waals surface area (Å²) in [6, 6.07) is 6.71. The second-order valence-electron chi connectivity index (χ2n) is 6.09. The van der Waals surface area contributed by atoms with Crippen molar-refractivity contribution in [3.63, 3.8) is 0 Å². The standard InChI is InChI=1S/C18H28N2O/c1-4-14(5-2)18(21)20-10-9-15-11-13(7-8-17(15)20)12-16(19)6-3/h7-8,11,14,16H,4-6,9-10,12,19H2,1-3H3. The number of fused-ring (bicyclic) bond motifs is 1. The van der Waals surface area contributed by atoms with Gasteiger partial charge in [0.1, 0.15) is 0 Å². The van der Waals surface area contributed by atoms with E-state index in [1.54, 1.807) is 0 Å². The zero-order chi connectivity index (χ0) is 15.4. The van der Waals surface area contributed by atoms with Crippen molar-refractivity contribution < 1.29 is 4.79 Å². The minimum Gasteiger partial charge on any atom is -0.327 e. The third kappa shape index (κ3) is 3.46. The number of anilines is 1. The molecule has 1 amide bonds. The molecule has 116 valence electrons. The Morgan fingerprint density at radius 3 is 2.57 bits per heavy atom. The van der Waals surface area contributed by atoms with Gasteiger partial charge in [0.2, 0.25) is 5.91 Å². The molecule has 0 spiro atoms. The molecule has 1 heterocycles. The number of amides is 1. The van der Waals surface area contributed by atoms with Gasteiger partial charge in [-0.15, -0.1) is 0 Å². The Hall–Kier alpha value is -1.35. The molecule has 0 saturated heterocycles. The van der Waals surface area contributed by atoms with Crippen LogP contribution in [0.1, 0.15) is 51.2 Å². The van der Waals surface area contributed by atoms with Gasteiger partial charge in [0.25, 0.3) is 0 Å². The summed E-state index contributed by atoms with van der Waals surface area (Å²) in [4.78, 5) is 14.6. The molecule has 1 aromatic rings. The van der Waals surface area contributed by atoms with E-state index in [0.29, 0.717) is 0 Å². The lowest BCUT2D eigenvalue weighted by atomic mass is 10.0. The van der Waals surface area contributed by atoms with Crippen LogP contribution >= 0.6 is 0 Å². The van der Waals surface area contributed by atoms with Crippen molar-refractivity contribution in [2.24, 2.45) is 11.7 Å². The summed E-state index contributed by atoms with van der Waals surface area (Å²) in [7, 11) is 0. The van der Waals surface area contributed by atoms with Gasteiger partial charge in [0, 0.05) is 24.2 Å². The van der Waals surface area contributed by atoms with Crippen molar-refractivity contribution in [3.05, 3.63) is 29.3 Å². The van der Waals surface area contributed by atoms with Crippen LogP contribution in [0.15, 0.2) is 18.2 Å². The molecule has 1 aromatic carbocycles. The number of hydrogen-bond acceptors (Lipinski definition) is 2. The largest absolute Gasteiger partial charge is 0.327 e. The predicted molar refractivity (Wildman–Crippen MR) is 88.5 cm³/mol. The van der Waals surface area contributed by atoms with Crippen molar-refractivity contribution >= 4 is 11.6 Å². The molecule has 0 saturated carbocycles. The maximum absolute atomic E-state index is 12.6. The number of nitrogens with two attached hydrogens (primary N) is 1. The number of rotatable bonds is 6. The Labute approximate surface area is 128 Å². The van der Waals surface area contributed by atoms with Gasteiger partial charge in [-0.3, -0.25) is 4.79 Å². The zero-order valence-electron chi connectivity index (χ0n) is 13.6. The minimum absolute atomic E-state index is 0.157. The molecule has 1 aliphatic heterocycles. The average molecular weight is 288 g/mol. The van der Waals surface area contributed by atoms with Crippen LogP contribution in [0.3, 0.4) is 0 Å². The Bertz CT molecular complexity index is 494. The van der Waals surface area contributed by atoms with Gasteiger partial charge in [-0.25, -0.2) is 0 Å². The highest BCUT2D eigenvalue weighted by Gasteiger charge is 2.28. The Morgan fingerprint density at radius 2 is 1.95 bits per heavy atom. The first-order chi connectivity index (χ1) is 10.1. The van der Waals surface area contributed by atoms with E-state index in [1.807, 2.05) is 4.90 Å². The van der Waals surface area contributed by atoms with Gasteiger partial charge in [-0.1, -0.05) is 32.9 Å². The Balaban J connectivity index is 2.16. The third-order valence-electron chi connectivity index (χ3n) is 4.66. The van der Waals surface area contributed by atoms with Gasteiger partial charge < -0.3 is 10.6 Å². The molecule has 1 aliphatic rings. The molecule has 2 N–H and O–H groups in total. The molecule has 1 unspecified atom stereocenters. The molecule has 0 aromatic heterocycles. The minimum atomic E-state index is 0.157. The second-order valence-corrected chi connectivity index (χ2v) is 6.09. The van der Waals surface area contributed by atoms with Crippen molar-refractivity contribution in [1.29, 1.82) is 0 Å². The topological polar surface area (TPSA) is 46.3 Å². The van der Waals surface area contributed by atoms with Gasteiger partial charge in [-0.2, -0.15) is 0 Å². The van der Waals surface area contributed by atoms with E-state index in [9.17, 15) is 4.79 Å². The van der Waals surface area contributed by atoms with E-state index < -0.39 is 0 Å². The number of benzene rings is 1. The molecule has 3 heteroatoms. The molecule has 0 bridgehead atoms.